The summed E-state index contributed by atoms with van der Waals surface area (Å²) in [5.41, 5.74) is 0. The van der Waals surface area contributed by atoms with Crippen molar-refractivity contribution in [2.45, 2.75) is 18.2 Å². The Labute approximate surface area is 61.9 Å². The highest BCUT2D eigenvalue weighted by molar-refractivity contribution is 9.12. The Balaban J connectivity index is 2.83. The van der Waals surface area contributed by atoms with Gasteiger partial charge in [0.1, 0.15) is 0 Å². The van der Waals surface area contributed by atoms with Crippen LogP contribution >= 0.6 is 31.9 Å². The molecular formula is C5H9Br2. The van der Waals surface area contributed by atoms with Crippen molar-refractivity contribution in [3.63, 3.8) is 0 Å². The summed E-state index contributed by atoms with van der Waals surface area (Å²) in [4.78, 5) is 0.553. The molecule has 1 radical (unpaired) electrons. The number of halogens is 2. The van der Waals surface area contributed by atoms with Gasteiger partial charge in [-0.3, -0.25) is 0 Å². The van der Waals surface area contributed by atoms with Gasteiger partial charge in [0.05, 0.1) is 0 Å². The summed E-state index contributed by atoms with van der Waals surface area (Å²) in [5, 5.41) is 1.01. The number of rotatable bonds is 3. The van der Waals surface area contributed by atoms with Crippen molar-refractivity contribution >= 4 is 31.9 Å². The van der Waals surface area contributed by atoms with E-state index in [4.69, 9.17) is 0 Å². The Morgan fingerprint density at radius 2 is 2.29 bits per heavy atom. The molecule has 0 aliphatic carbocycles. The first-order valence-corrected chi connectivity index (χ1v) is 4.38. The van der Waals surface area contributed by atoms with Gasteiger partial charge in [0, 0.05) is 10.2 Å². The molecule has 0 amide bonds. The van der Waals surface area contributed by atoms with Gasteiger partial charge >= 0.3 is 0 Å². The first-order valence-electron chi connectivity index (χ1n) is 2.34. The minimum Gasteiger partial charge on any atom is -0.0916 e. The third kappa shape index (κ3) is 4.82. The fraction of sp³-hybridized carbons (Fsp3) is 0.800. The van der Waals surface area contributed by atoms with Crippen LogP contribution in [0, 0.1) is 6.42 Å². The Morgan fingerprint density at radius 3 is 2.43 bits per heavy atom. The molecular weight excluding hydrogens is 220 g/mol. The van der Waals surface area contributed by atoms with E-state index >= 15 is 0 Å². The lowest BCUT2D eigenvalue weighted by atomic mass is 10.3. The van der Waals surface area contributed by atoms with Crippen LogP contribution in [0.5, 0.6) is 0 Å². The average Bonchev–Trinajstić information content (AvgIpc) is 1.68. The molecule has 0 aromatic carbocycles. The Bertz CT molecular complexity index is 37.1. The van der Waals surface area contributed by atoms with Crippen LogP contribution in [0.4, 0.5) is 0 Å². The monoisotopic (exact) mass is 227 g/mol. The van der Waals surface area contributed by atoms with Gasteiger partial charge in [0.2, 0.25) is 0 Å². The summed E-state index contributed by atoms with van der Waals surface area (Å²) in [5.74, 6) is 0. The van der Waals surface area contributed by atoms with Gasteiger partial charge in [0.25, 0.3) is 0 Å². The van der Waals surface area contributed by atoms with Crippen LogP contribution in [0.1, 0.15) is 13.3 Å². The Hall–Kier alpha value is 0.960. The molecule has 0 rings (SSSR count). The summed E-state index contributed by atoms with van der Waals surface area (Å²) in [6.45, 7) is 2.14. The van der Waals surface area contributed by atoms with Crippen molar-refractivity contribution in [3.8, 4) is 0 Å². The van der Waals surface area contributed by atoms with Gasteiger partial charge in [-0.2, -0.15) is 0 Å². The van der Waals surface area contributed by atoms with E-state index in [1.165, 1.54) is 0 Å². The van der Waals surface area contributed by atoms with E-state index in [1.54, 1.807) is 0 Å². The van der Waals surface area contributed by atoms with Crippen LogP contribution in [0.3, 0.4) is 0 Å². The van der Waals surface area contributed by atoms with E-state index in [2.05, 4.69) is 45.2 Å². The smallest absolute Gasteiger partial charge is 0.0273 e. The second-order valence-electron chi connectivity index (χ2n) is 1.31. The zero-order valence-electron chi connectivity index (χ0n) is 4.32. The quantitative estimate of drug-likeness (QED) is 0.652. The second-order valence-corrected chi connectivity index (χ2v) is 3.14. The number of hydrogen-bond acceptors (Lipinski definition) is 0. The molecule has 7 heavy (non-hydrogen) atoms. The SMILES string of the molecule is CC[CH]C(Br)CBr. The van der Waals surface area contributed by atoms with Gasteiger partial charge < -0.3 is 0 Å². The van der Waals surface area contributed by atoms with Crippen molar-refractivity contribution < 1.29 is 0 Å². The van der Waals surface area contributed by atoms with Crippen LogP contribution in [0.2, 0.25) is 0 Å². The third-order valence-electron chi connectivity index (χ3n) is 0.639. The molecule has 0 N–H and O–H groups in total. The Kier molecular flexibility index (Phi) is 5.80. The van der Waals surface area contributed by atoms with E-state index in [0.29, 0.717) is 4.83 Å². The predicted octanol–water partition coefficient (Wildman–Crippen LogP) is 2.76. The third-order valence-corrected chi connectivity index (χ3v) is 2.90. The maximum absolute atomic E-state index is 3.43. The van der Waals surface area contributed by atoms with Crippen molar-refractivity contribution in [1.82, 2.24) is 0 Å². The molecule has 0 heterocycles. The molecule has 0 aliphatic rings. The van der Waals surface area contributed by atoms with Gasteiger partial charge in [-0.1, -0.05) is 45.2 Å². The minimum absolute atomic E-state index is 0.553. The lowest BCUT2D eigenvalue weighted by Crippen LogP contribution is -1.97. The zero-order chi connectivity index (χ0) is 5.70. The Morgan fingerprint density at radius 1 is 1.71 bits per heavy atom. The number of hydrogen-bond donors (Lipinski definition) is 0. The van der Waals surface area contributed by atoms with E-state index in [9.17, 15) is 0 Å². The molecule has 0 spiro atoms. The largest absolute Gasteiger partial charge is 0.0916 e. The van der Waals surface area contributed by atoms with Gasteiger partial charge in [-0.25, -0.2) is 0 Å². The molecule has 0 aliphatic heterocycles. The van der Waals surface area contributed by atoms with Crippen molar-refractivity contribution in [1.29, 1.82) is 0 Å². The molecule has 0 saturated carbocycles. The summed E-state index contributed by atoms with van der Waals surface area (Å²) >= 11 is 6.77. The highest BCUT2D eigenvalue weighted by Gasteiger charge is 1.96. The summed E-state index contributed by atoms with van der Waals surface area (Å²) < 4.78 is 0. The van der Waals surface area contributed by atoms with Crippen LogP contribution in [0.25, 0.3) is 0 Å². The highest BCUT2D eigenvalue weighted by atomic mass is 79.9. The minimum atomic E-state index is 0.553. The van der Waals surface area contributed by atoms with E-state index in [-0.39, 0.29) is 0 Å². The normalized spacial score (nSPS) is 14.1. The summed E-state index contributed by atoms with van der Waals surface area (Å²) in [7, 11) is 0. The molecule has 1 unspecified atom stereocenters. The van der Waals surface area contributed by atoms with Gasteiger partial charge in [-0.05, 0) is 6.42 Å². The molecule has 0 aromatic heterocycles. The van der Waals surface area contributed by atoms with Gasteiger partial charge in [0.15, 0.2) is 0 Å². The molecule has 2 heteroatoms. The molecule has 0 fully saturated rings. The van der Waals surface area contributed by atoms with Crippen molar-refractivity contribution in [3.05, 3.63) is 6.42 Å². The van der Waals surface area contributed by atoms with Crippen LogP contribution < -0.4 is 0 Å². The van der Waals surface area contributed by atoms with Gasteiger partial charge in [-0.15, -0.1) is 0 Å². The fourth-order valence-corrected chi connectivity index (χ4v) is 0.957. The summed E-state index contributed by atoms with van der Waals surface area (Å²) in [6, 6.07) is 0. The highest BCUT2D eigenvalue weighted by Crippen LogP contribution is 2.08. The first kappa shape index (κ1) is 7.96. The molecule has 1 atom stereocenters. The predicted molar refractivity (Wildman–Crippen MR) is 41.1 cm³/mol. The van der Waals surface area contributed by atoms with Crippen molar-refractivity contribution in [2.24, 2.45) is 0 Å². The molecule has 0 saturated heterocycles. The first-order chi connectivity index (χ1) is 3.31. The average molecular weight is 229 g/mol. The van der Waals surface area contributed by atoms with E-state index < -0.39 is 0 Å². The maximum atomic E-state index is 3.43. The summed E-state index contributed by atoms with van der Waals surface area (Å²) in [6.07, 6.45) is 3.36. The molecule has 0 aromatic rings. The van der Waals surface area contributed by atoms with E-state index in [0.717, 1.165) is 11.8 Å². The van der Waals surface area contributed by atoms with Crippen LogP contribution in [0.15, 0.2) is 0 Å². The van der Waals surface area contributed by atoms with E-state index in [1.807, 2.05) is 0 Å². The van der Waals surface area contributed by atoms with Crippen LogP contribution in [-0.2, 0) is 0 Å². The topological polar surface area (TPSA) is 0 Å². The molecule has 0 nitrogen and oxygen atoms in total. The zero-order valence-corrected chi connectivity index (χ0v) is 7.50. The van der Waals surface area contributed by atoms with Crippen LogP contribution in [-0.4, -0.2) is 10.2 Å². The van der Waals surface area contributed by atoms with Crippen molar-refractivity contribution in [2.75, 3.05) is 5.33 Å². The standard InChI is InChI=1S/C5H9Br2/c1-2-3-5(7)4-6/h3,5H,2,4H2,1H3. The second kappa shape index (κ2) is 5.10. The molecule has 43 valence electrons. The fourth-order valence-electron chi connectivity index (χ4n) is 0.319. The lowest BCUT2D eigenvalue weighted by molar-refractivity contribution is 1.01. The molecule has 0 bridgehead atoms. The maximum Gasteiger partial charge on any atom is 0.0273 e. The lowest BCUT2D eigenvalue weighted by Gasteiger charge is -1.98. The number of alkyl halides is 2.